The zero-order valence-electron chi connectivity index (χ0n) is 13.0. The van der Waals surface area contributed by atoms with Crippen molar-refractivity contribution in [1.29, 1.82) is 0 Å². The van der Waals surface area contributed by atoms with E-state index in [0.717, 1.165) is 28.0 Å². The van der Waals surface area contributed by atoms with Crippen LogP contribution in [-0.2, 0) is 11.2 Å². The predicted molar refractivity (Wildman–Crippen MR) is 87.2 cm³/mol. The third-order valence-electron chi connectivity index (χ3n) is 4.69. The van der Waals surface area contributed by atoms with Gasteiger partial charge in [0.1, 0.15) is 17.2 Å². The average Bonchev–Trinajstić information content (AvgIpc) is 2.99. The Hall–Kier alpha value is -2.62. The van der Waals surface area contributed by atoms with Gasteiger partial charge >= 0.3 is 0 Å². The van der Waals surface area contributed by atoms with Crippen LogP contribution >= 0.6 is 0 Å². The molecule has 0 saturated carbocycles. The number of likely N-dealkylation sites (N-methyl/N-ethyl adjacent to an activating group) is 1. The number of rotatable bonds is 2. The number of para-hydroxylation sites is 1. The first-order valence-corrected chi connectivity index (χ1v) is 7.60. The highest BCUT2D eigenvalue weighted by molar-refractivity contribution is 6.04. The van der Waals surface area contributed by atoms with E-state index in [0.29, 0.717) is 12.0 Å². The summed E-state index contributed by atoms with van der Waals surface area (Å²) in [6, 6.07) is 12.3. The number of carbonyl (C=O) groups excluding carboxylic acids is 1. The van der Waals surface area contributed by atoms with Crippen molar-refractivity contribution in [2.24, 2.45) is 0 Å². The number of benzene rings is 2. The van der Waals surface area contributed by atoms with Crippen LogP contribution in [0.3, 0.4) is 0 Å². The first-order valence-electron chi connectivity index (χ1n) is 7.60. The van der Waals surface area contributed by atoms with Gasteiger partial charge in [0.25, 0.3) is 0 Å². The van der Waals surface area contributed by atoms with Crippen LogP contribution in [0.4, 0.5) is 10.1 Å². The summed E-state index contributed by atoms with van der Waals surface area (Å²) in [5.74, 6) is 0.279. The first kappa shape index (κ1) is 14.0. The predicted octanol–water partition coefficient (Wildman–Crippen LogP) is 4.18. The van der Waals surface area contributed by atoms with Crippen molar-refractivity contribution in [1.82, 2.24) is 0 Å². The summed E-state index contributed by atoms with van der Waals surface area (Å²) in [6.07, 6.45) is 0.488. The quantitative estimate of drug-likeness (QED) is 0.711. The zero-order valence-corrected chi connectivity index (χ0v) is 13.0. The Morgan fingerprint density at radius 2 is 2.00 bits per heavy atom. The van der Waals surface area contributed by atoms with Crippen LogP contribution in [-0.4, -0.2) is 13.0 Å². The SMILES string of the molecule is Cc1c(C[C@@H]2C(=O)N(C)c3ccccc32)oc2ccc(F)cc12. The molecule has 2 aromatic carbocycles. The molecule has 3 nitrogen and oxygen atoms in total. The van der Waals surface area contributed by atoms with Crippen molar-refractivity contribution in [2.75, 3.05) is 11.9 Å². The molecule has 1 aromatic heterocycles. The maximum absolute atomic E-state index is 13.4. The van der Waals surface area contributed by atoms with Crippen molar-refractivity contribution in [2.45, 2.75) is 19.3 Å². The molecule has 0 fully saturated rings. The molecule has 0 N–H and O–H groups in total. The van der Waals surface area contributed by atoms with Gasteiger partial charge in [0.15, 0.2) is 0 Å². The molecule has 0 unspecified atom stereocenters. The van der Waals surface area contributed by atoms with Gasteiger partial charge in [-0.1, -0.05) is 18.2 Å². The Bertz CT molecular complexity index is 928. The summed E-state index contributed by atoms with van der Waals surface area (Å²) in [7, 11) is 1.79. The van der Waals surface area contributed by atoms with Gasteiger partial charge in [-0.05, 0) is 42.3 Å². The lowest BCUT2D eigenvalue weighted by atomic mass is 9.94. The lowest BCUT2D eigenvalue weighted by Gasteiger charge is -2.10. The molecule has 0 spiro atoms. The molecule has 0 bridgehead atoms. The van der Waals surface area contributed by atoms with Gasteiger partial charge < -0.3 is 9.32 Å². The molecule has 4 heteroatoms. The summed E-state index contributed by atoms with van der Waals surface area (Å²) in [6.45, 7) is 1.91. The first-order chi connectivity index (χ1) is 11.1. The van der Waals surface area contributed by atoms with E-state index in [2.05, 4.69) is 0 Å². The number of hydrogen-bond acceptors (Lipinski definition) is 2. The summed E-state index contributed by atoms with van der Waals surface area (Å²) < 4.78 is 19.3. The van der Waals surface area contributed by atoms with E-state index in [1.54, 1.807) is 18.0 Å². The minimum absolute atomic E-state index is 0.0669. The summed E-state index contributed by atoms with van der Waals surface area (Å²) in [4.78, 5) is 14.3. The van der Waals surface area contributed by atoms with Crippen molar-refractivity contribution in [3.63, 3.8) is 0 Å². The Labute approximate surface area is 133 Å². The number of carbonyl (C=O) groups is 1. The van der Waals surface area contributed by atoms with Gasteiger partial charge in [-0.3, -0.25) is 4.79 Å². The Morgan fingerprint density at radius 1 is 1.22 bits per heavy atom. The van der Waals surface area contributed by atoms with E-state index < -0.39 is 0 Å². The lowest BCUT2D eigenvalue weighted by Crippen LogP contribution is -2.24. The van der Waals surface area contributed by atoms with E-state index in [1.165, 1.54) is 12.1 Å². The highest BCUT2D eigenvalue weighted by Crippen LogP contribution is 2.39. The van der Waals surface area contributed by atoms with E-state index in [1.807, 2.05) is 31.2 Å². The molecule has 4 rings (SSSR count). The van der Waals surface area contributed by atoms with Crippen LogP contribution in [0.5, 0.6) is 0 Å². The number of halogens is 1. The maximum Gasteiger partial charge on any atom is 0.234 e. The fourth-order valence-electron chi connectivity index (χ4n) is 3.39. The highest BCUT2D eigenvalue weighted by Gasteiger charge is 2.35. The number of hydrogen-bond donors (Lipinski definition) is 0. The number of aryl methyl sites for hydroxylation is 1. The van der Waals surface area contributed by atoms with Crippen LogP contribution in [0.1, 0.15) is 22.8 Å². The molecule has 3 aromatic rings. The molecule has 23 heavy (non-hydrogen) atoms. The van der Waals surface area contributed by atoms with Crippen molar-refractivity contribution < 1.29 is 13.6 Å². The smallest absolute Gasteiger partial charge is 0.234 e. The second kappa shape index (κ2) is 4.95. The molecule has 116 valence electrons. The summed E-state index contributed by atoms with van der Waals surface area (Å²) in [5, 5.41) is 0.770. The number of nitrogens with zero attached hydrogens (tertiary/aromatic N) is 1. The Balaban J connectivity index is 1.77. The number of fused-ring (bicyclic) bond motifs is 2. The molecule has 1 aliphatic heterocycles. The third-order valence-corrected chi connectivity index (χ3v) is 4.69. The monoisotopic (exact) mass is 309 g/mol. The van der Waals surface area contributed by atoms with Gasteiger partial charge in [-0.15, -0.1) is 0 Å². The van der Waals surface area contributed by atoms with Crippen LogP contribution in [0, 0.1) is 12.7 Å². The Morgan fingerprint density at radius 3 is 2.83 bits per heavy atom. The van der Waals surface area contributed by atoms with Crippen molar-refractivity contribution >= 4 is 22.6 Å². The molecule has 0 radical (unpaired) electrons. The maximum atomic E-state index is 13.4. The fraction of sp³-hybridized carbons (Fsp3) is 0.211. The minimum atomic E-state index is -0.282. The highest BCUT2D eigenvalue weighted by atomic mass is 19.1. The molecule has 1 amide bonds. The van der Waals surface area contributed by atoms with Crippen LogP contribution in [0.25, 0.3) is 11.0 Å². The van der Waals surface area contributed by atoms with Gasteiger partial charge in [0, 0.05) is 24.5 Å². The van der Waals surface area contributed by atoms with Gasteiger partial charge in [-0.2, -0.15) is 0 Å². The second-order valence-corrected chi connectivity index (χ2v) is 6.00. The second-order valence-electron chi connectivity index (χ2n) is 6.00. The number of furan rings is 1. The topological polar surface area (TPSA) is 33.5 Å². The lowest BCUT2D eigenvalue weighted by molar-refractivity contribution is -0.119. The van der Waals surface area contributed by atoms with Gasteiger partial charge in [-0.25, -0.2) is 4.39 Å². The number of amides is 1. The van der Waals surface area contributed by atoms with E-state index in [-0.39, 0.29) is 17.6 Å². The molecule has 2 heterocycles. The summed E-state index contributed by atoms with van der Waals surface area (Å²) >= 11 is 0. The van der Waals surface area contributed by atoms with Crippen molar-refractivity contribution in [3.8, 4) is 0 Å². The van der Waals surface area contributed by atoms with Crippen LogP contribution in [0.2, 0.25) is 0 Å². The van der Waals surface area contributed by atoms with Gasteiger partial charge in [0.2, 0.25) is 5.91 Å². The Kier molecular flexibility index (Phi) is 3.01. The number of anilines is 1. The minimum Gasteiger partial charge on any atom is -0.461 e. The molecule has 1 aliphatic rings. The third kappa shape index (κ3) is 2.05. The molecule has 0 saturated heterocycles. The van der Waals surface area contributed by atoms with E-state index in [4.69, 9.17) is 4.42 Å². The molecule has 1 atom stereocenters. The zero-order chi connectivity index (χ0) is 16.1. The average molecular weight is 309 g/mol. The van der Waals surface area contributed by atoms with Crippen molar-refractivity contribution in [3.05, 3.63) is 65.2 Å². The molecular weight excluding hydrogens is 293 g/mol. The molecular formula is C19H16FNO2. The van der Waals surface area contributed by atoms with E-state index in [9.17, 15) is 9.18 Å². The molecule has 0 aliphatic carbocycles. The largest absolute Gasteiger partial charge is 0.461 e. The van der Waals surface area contributed by atoms with Gasteiger partial charge in [0.05, 0.1) is 5.92 Å². The standard InChI is InChI=1S/C19H16FNO2/c1-11-14-9-12(20)7-8-17(14)23-18(11)10-15-13-5-3-4-6-16(13)21(2)19(15)22/h3-9,15H,10H2,1-2H3/t15-/m0/s1. The van der Waals surface area contributed by atoms with Crippen LogP contribution < -0.4 is 4.90 Å². The van der Waals surface area contributed by atoms with Crippen LogP contribution in [0.15, 0.2) is 46.9 Å². The van der Waals surface area contributed by atoms with E-state index >= 15 is 0 Å². The normalized spacial score (nSPS) is 17.1. The fourth-order valence-corrected chi connectivity index (χ4v) is 3.39. The summed E-state index contributed by atoms with van der Waals surface area (Å²) in [5.41, 5.74) is 3.53.